The molecule has 18 heavy (non-hydrogen) atoms. The lowest BCUT2D eigenvalue weighted by Gasteiger charge is -2.17. The van der Waals surface area contributed by atoms with Crippen LogP contribution in [0.1, 0.15) is 30.1 Å². The third kappa shape index (κ3) is 3.33. The molecule has 1 aromatic carbocycles. The number of phenols is 2. The van der Waals surface area contributed by atoms with Crippen molar-refractivity contribution in [3.8, 4) is 11.5 Å². The van der Waals surface area contributed by atoms with E-state index in [0.717, 1.165) is 6.42 Å². The van der Waals surface area contributed by atoms with Gasteiger partial charge in [0.1, 0.15) is 0 Å². The van der Waals surface area contributed by atoms with Crippen molar-refractivity contribution in [3.05, 3.63) is 23.8 Å². The highest BCUT2D eigenvalue weighted by Crippen LogP contribution is 2.28. The molecule has 0 aromatic heterocycles. The van der Waals surface area contributed by atoms with Gasteiger partial charge in [0.2, 0.25) is 0 Å². The standard InChI is InChI=1S/C12H16N2O3S/c1-2-4-8(11(13)18)14-12(17)7-5-3-6-9(15)10(7)16/h3,5-6,8,15-16H,2,4H2,1H3,(H2,13,18)(H,14,17). The molecule has 0 saturated heterocycles. The highest BCUT2D eigenvalue weighted by molar-refractivity contribution is 7.80. The number of benzene rings is 1. The van der Waals surface area contributed by atoms with Crippen molar-refractivity contribution in [2.24, 2.45) is 5.73 Å². The van der Waals surface area contributed by atoms with E-state index in [0.29, 0.717) is 6.42 Å². The predicted molar refractivity (Wildman–Crippen MR) is 72.7 cm³/mol. The first-order valence-electron chi connectivity index (χ1n) is 5.58. The van der Waals surface area contributed by atoms with E-state index in [9.17, 15) is 15.0 Å². The number of aromatic hydroxyl groups is 2. The van der Waals surface area contributed by atoms with E-state index in [1.165, 1.54) is 18.2 Å². The Kier molecular flexibility index (Phi) is 4.91. The summed E-state index contributed by atoms with van der Waals surface area (Å²) in [5.41, 5.74) is 5.51. The molecule has 1 atom stereocenters. The fraction of sp³-hybridized carbons (Fsp3) is 0.333. The number of hydrogen-bond donors (Lipinski definition) is 4. The van der Waals surface area contributed by atoms with E-state index in [1.54, 1.807) is 0 Å². The zero-order valence-electron chi connectivity index (χ0n) is 10.0. The fourth-order valence-corrected chi connectivity index (χ4v) is 1.70. The minimum atomic E-state index is -0.519. The number of thiocarbonyl (C=S) groups is 1. The summed E-state index contributed by atoms with van der Waals surface area (Å²) in [6, 6.07) is 3.76. The van der Waals surface area contributed by atoms with Gasteiger partial charge in [-0.1, -0.05) is 31.6 Å². The van der Waals surface area contributed by atoms with Crippen LogP contribution >= 0.6 is 12.2 Å². The number of rotatable bonds is 5. The number of nitrogens with two attached hydrogens (primary N) is 1. The molecule has 5 N–H and O–H groups in total. The first kappa shape index (κ1) is 14.2. The average Bonchev–Trinajstić information content (AvgIpc) is 2.31. The second kappa shape index (κ2) is 6.20. The molecule has 0 heterocycles. The molecule has 0 saturated carbocycles. The second-order valence-electron chi connectivity index (χ2n) is 3.89. The summed E-state index contributed by atoms with van der Waals surface area (Å²) in [7, 11) is 0. The maximum absolute atomic E-state index is 11.9. The van der Waals surface area contributed by atoms with Gasteiger partial charge in [-0.05, 0) is 18.6 Å². The van der Waals surface area contributed by atoms with Crippen molar-refractivity contribution < 1.29 is 15.0 Å². The van der Waals surface area contributed by atoms with Crippen molar-refractivity contribution in [3.63, 3.8) is 0 Å². The SMILES string of the molecule is CCCC(NC(=O)c1cccc(O)c1O)C(N)=S. The van der Waals surface area contributed by atoms with Crippen molar-refractivity contribution in [1.82, 2.24) is 5.32 Å². The summed E-state index contributed by atoms with van der Waals surface area (Å²) in [6.45, 7) is 1.95. The zero-order chi connectivity index (χ0) is 13.7. The molecule has 5 nitrogen and oxygen atoms in total. The van der Waals surface area contributed by atoms with Gasteiger partial charge in [-0.25, -0.2) is 0 Å². The van der Waals surface area contributed by atoms with Crippen molar-refractivity contribution in [2.75, 3.05) is 0 Å². The summed E-state index contributed by atoms with van der Waals surface area (Å²) in [5, 5.41) is 21.5. The maximum Gasteiger partial charge on any atom is 0.255 e. The van der Waals surface area contributed by atoms with E-state index in [-0.39, 0.29) is 16.3 Å². The smallest absolute Gasteiger partial charge is 0.255 e. The number of carbonyl (C=O) groups excluding carboxylic acids is 1. The van der Waals surface area contributed by atoms with Crippen molar-refractivity contribution in [1.29, 1.82) is 0 Å². The summed E-state index contributed by atoms with van der Waals surface area (Å²) >= 11 is 4.86. The lowest BCUT2D eigenvalue weighted by molar-refractivity contribution is 0.0942. The van der Waals surface area contributed by atoms with Gasteiger partial charge in [0.05, 0.1) is 16.6 Å². The van der Waals surface area contributed by atoms with Crippen LogP contribution in [0.25, 0.3) is 0 Å². The van der Waals surface area contributed by atoms with Gasteiger partial charge in [0.15, 0.2) is 11.5 Å². The largest absolute Gasteiger partial charge is 0.504 e. The van der Waals surface area contributed by atoms with E-state index >= 15 is 0 Å². The second-order valence-corrected chi connectivity index (χ2v) is 4.36. The number of para-hydroxylation sites is 1. The number of nitrogens with one attached hydrogen (secondary N) is 1. The van der Waals surface area contributed by atoms with Gasteiger partial charge in [0.25, 0.3) is 5.91 Å². The Morgan fingerprint density at radius 2 is 2.17 bits per heavy atom. The van der Waals surface area contributed by atoms with Crippen LogP contribution in [0.5, 0.6) is 11.5 Å². The van der Waals surface area contributed by atoms with E-state index in [2.05, 4.69) is 5.32 Å². The molecule has 0 radical (unpaired) electrons. The predicted octanol–water partition coefficient (Wildman–Crippen LogP) is 1.28. The average molecular weight is 268 g/mol. The van der Waals surface area contributed by atoms with Crippen molar-refractivity contribution in [2.45, 2.75) is 25.8 Å². The van der Waals surface area contributed by atoms with Crippen LogP contribution in [0.3, 0.4) is 0 Å². The first-order chi connectivity index (χ1) is 8.47. The Hall–Kier alpha value is -1.82. The third-order valence-electron chi connectivity index (χ3n) is 2.49. The summed E-state index contributed by atoms with van der Waals surface area (Å²) in [5.74, 6) is -1.31. The minimum absolute atomic E-state index is 0.00708. The number of amides is 1. The van der Waals surface area contributed by atoms with Crippen LogP contribution in [0.4, 0.5) is 0 Å². The summed E-state index contributed by atoms with van der Waals surface area (Å²) < 4.78 is 0. The Morgan fingerprint density at radius 1 is 1.50 bits per heavy atom. The van der Waals surface area contributed by atoms with Crippen LogP contribution in [0.15, 0.2) is 18.2 Å². The Morgan fingerprint density at radius 3 is 2.72 bits per heavy atom. The topological polar surface area (TPSA) is 95.6 Å². The number of phenolic OH excluding ortho intramolecular Hbond substituents is 2. The molecular formula is C12H16N2O3S. The summed E-state index contributed by atoms with van der Waals surface area (Å²) in [6.07, 6.45) is 1.44. The lowest BCUT2D eigenvalue weighted by Crippen LogP contribution is -2.43. The zero-order valence-corrected chi connectivity index (χ0v) is 10.8. The minimum Gasteiger partial charge on any atom is -0.504 e. The maximum atomic E-state index is 11.9. The normalized spacial score (nSPS) is 11.8. The van der Waals surface area contributed by atoms with Crippen LogP contribution < -0.4 is 11.1 Å². The summed E-state index contributed by atoms with van der Waals surface area (Å²) in [4.78, 5) is 12.1. The van der Waals surface area contributed by atoms with Gasteiger partial charge in [-0.2, -0.15) is 0 Å². The van der Waals surface area contributed by atoms with Crippen LogP contribution in [0.2, 0.25) is 0 Å². The fourth-order valence-electron chi connectivity index (χ4n) is 1.52. The van der Waals surface area contributed by atoms with E-state index in [4.69, 9.17) is 18.0 Å². The molecule has 98 valence electrons. The van der Waals surface area contributed by atoms with Crippen LogP contribution in [0, 0.1) is 0 Å². The quantitative estimate of drug-likeness (QED) is 0.476. The molecule has 6 heteroatoms. The Bertz CT molecular complexity index is 463. The van der Waals surface area contributed by atoms with E-state index in [1.807, 2.05) is 6.92 Å². The van der Waals surface area contributed by atoms with Gasteiger partial charge in [0, 0.05) is 0 Å². The number of hydrogen-bond acceptors (Lipinski definition) is 4. The molecule has 0 bridgehead atoms. The van der Waals surface area contributed by atoms with E-state index < -0.39 is 17.7 Å². The Labute approximate surface area is 111 Å². The third-order valence-corrected chi connectivity index (χ3v) is 2.77. The molecule has 1 amide bonds. The molecule has 0 spiro atoms. The molecule has 1 rings (SSSR count). The first-order valence-corrected chi connectivity index (χ1v) is 5.99. The number of carbonyl (C=O) groups is 1. The molecule has 0 fully saturated rings. The molecular weight excluding hydrogens is 252 g/mol. The van der Waals surface area contributed by atoms with Crippen LogP contribution in [-0.2, 0) is 0 Å². The molecule has 0 aliphatic heterocycles. The molecule has 1 aromatic rings. The van der Waals surface area contributed by atoms with Gasteiger partial charge >= 0.3 is 0 Å². The van der Waals surface area contributed by atoms with Gasteiger partial charge < -0.3 is 21.3 Å². The molecule has 0 aliphatic rings. The van der Waals surface area contributed by atoms with Gasteiger partial charge in [-0.3, -0.25) is 4.79 Å². The molecule has 1 unspecified atom stereocenters. The highest BCUT2D eigenvalue weighted by atomic mass is 32.1. The monoisotopic (exact) mass is 268 g/mol. The Balaban J connectivity index is 2.87. The van der Waals surface area contributed by atoms with Crippen LogP contribution in [-0.4, -0.2) is 27.2 Å². The highest BCUT2D eigenvalue weighted by Gasteiger charge is 2.18. The van der Waals surface area contributed by atoms with Gasteiger partial charge in [-0.15, -0.1) is 0 Å². The van der Waals surface area contributed by atoms with Crippen molar-refractivity contribution >= 4 is 23.1 Å². The molecule has 0 aliphatic carbocycles. The lowest BCUT2D eigenvalue weighted by atomic mass is 10.1.